The standard InChI is InChI=1S/C13H16BrNO3S/c1-19-6-2-3-13(17)11(15-18)8-9-4-5-12(16)10(14)7-9/h4-5,7,16,18H,2-3,6,8H2,1H3/b15-11-. The average molecular weight is 346 g/mol. The number of halogens is 1. The van der Waals surface area contributed by atoms with E-state index in [0.29, 0.717) is 10.9 Å². The summed E-state index contributed by atoms with van der Waals surface area (Å²) in [5.41, 5.74) is 0.953. The molecule has 19 heavy (non-hydrogen) atoms. The third-order valence-electron chi connectivity index (χ3n) is 2.58. The van der Waals surface area contributed by atoms with Crippen LogP contribution in [0.25, 0.3) is 0 Å². The Labute approximate surface area is 125 Å². The van der Waals surface area contributed by atoms with Gasteiger partial charge in [0.25, 0.3) is 0 Å². The van der Waals surface area contributed by atoms with Gasteiger partial charge in [0.15, 0.2) is 5.78 Å². The number of rotatable bonds is 7. The minimum absolute atomic E-state index is 0.137. The number of benzene rings is 1. The van der Waals surface area contributed by atoms with Crippen LogP contribution in [0.5, 0.6) is 5.75 Å². The molecule has 0 fully saturated rings. The van der Waals surface area contributed by atoms with Crippen molar-refractivity contribution in [3.8, 4) is 5.75 Å². The molecule has 0 aliphatic heterocycles. The minimum Gasteiger partial charge on any atom is -0.507 e. The van der Waals surface area contributed by atoms with Gasteiger partial charge in [-0.2, -0.15) is 11.8 Å². The summed E-state index contributed by atoms with van der Waals surface area (Å²) in [7, 11) is 0. The van der Waals surface area contributed by atoms with Crippen molar-refractivity contribution in [3.05, 3.63) is 28.2 Å². The fraction of sp³-hybridized carbons (Fsp3) is 0.385. The van der Waals surface area contributed by atoms with Crippen molar-refractivity contribution in [3.63, 3.8) is 0 Å². The van der Waals surface area contributed by atoms with Gasteiger partial charge in [-0.15, -0.1) is 0 Å². The van der Waals surface area contributed by atoms with E-state index >= 15 is 0 Å². The third-order valence-corrected chi connectivity index (χ3v) is 3.91. The summed E-state index contributed by atoms with van der Waals surface area (Å²) in [6.07, 6.45) is 3.41. The Morgan fingerprint density at radius 1 is 1.47 bits per heavy atom. The van der Waals surface area contributed by atoms with Crippen molar-refractivity contribution >= 4 is 39.2 Å². The number of phenols is 1. The Bertz CT molecular complexity index is 477. The Morgan fingerprint density at radius 2 is 2.21 bits per heavy atom. The molecule has 0 spiro atoms. The number of carbonyl (C=O) groups is 1. The predicted molar refractivity (Wildman–Crippen MR) is 81.4 cm³/mol. The van der Waals surface area contributed by atoms with E-state index in [9.17, 15) is 9.90 Å². The Morgan fingerprint density at radius 3 is 2.79 bits per heavy atom. The van der Waals surface area contributed by atoms with Gasteiger partial charge in [0.1, 0.15) is 11.5 Å². The number of nitrogens with zero attached hydrogens (tertiary/aromatic N) is 1. The van der Waals surface area contributed by atoms with Gasteiger partial charge >= 0.3 is 0 Å². The summed E-state index contributed by atoms with van der Waals surface area (Å²) in [4.78, 5) is 11.8. The van der Waals surface area contributed by atoms with Crippen LogP contribution in [0, 0.1) is 0 Å². The zero-order valence-corrected chi connectivity index (χ0v) is 13.0. The van der Waals surface area contributed by atoms with Crippen molar-refractivity contribution in [1.82, 2.24) is 0 Å². The highest BCUT2D eigenvalue weighted by Crippen LogP contribution is 2.24. The number of aromatic hydroxyl groups is 1. The molecule has 104 valence electrons. The molecule has 1 aromatic carbocycles. The molecule has 0 amide bonds. The first-order valence-corrected chi connectivity index (χ1v) is 7.97. The number of hydrogen-bond acceptors (Lipinski definition) is 5. The Hall–Kier alpha value is -1.01. The maximum absolute atomic E-state index is 11.8. The number of hydrogen-bond donors (Lipinski definition) is 2. The highest BCUT2D eigenvalue weighted by atomic mass is 79.9. The first-order chi connectivity index (χ1) is 9.08. The zero-order chi connectivity index (χ0) is 14.3. The molecular formula is C13H16BrNO3S. The van der Waals surface area contributed by atoms with Gasteiger partial charge in [-0.25, -0.2) is 0 Å². The molecule has 0 aliphatic carbocycles. The van der Waals surface area contributed by atoms with Crippen LogP contribution in [0.1, 0.15) is 18.4 Å². The summed E-state index contributed by atoms with van der Waals surface area (Å²) in [5, 5.41) is 21.4. The lowest BCUT2D eigenvalue weighted by atomic mass is 10.0. The molecule has 0 aromatic heterocycles. The highest BCUT2D eigenvalue weighted by Gasteiger charge is 2.13. The SMILES string of the molecule is CSCCCC(=O)/C(Cc1ccc(O)c(Br)c1)=N\O. The molecule has 0 aliphatic rings. The van der Waals surface area contributed by atoms with Crippen molar-refractivity contribution in [1.29, 1.82) is 0 Å². The smallest absolute Gasteiger partial charge is 0.180 e. The second-order valence-corrected chi connectivity index (χ2v) is 5.87. The average Bonchev–Trinajstić information content (AvgIpc) is 2.40. The quantitative estimate of drug-likeness (QED) is 0.344. The van der Waals surface area contributed by atoms with Crippen LogP contribution >= 0.6 is 27.7 Å². The van der Waals surface area contributed by atoms with Crippen LogP contribution in [-0.4, -0.2) is 33.8 Å². The topological polar surface area (TPSA) is 69.9 Å². The lowest BCUT2D eigenvalue weighted by Gasteiger charge is -2.05. The molecule has 0 saturated heterocycles. The lowest BCUT2D eigenvalue weighted by molar-refractivity contribution is -0.113. The van der Waals surface area contributed by atoms with E-state index in [1.165, 1.54) is 6.07 Å². The van der Waals surface area contributed by atoms with Crippen LogP contribution in [-0.2, 0) is 11.2 Å². The predicted octanol–water partition coefficient (Wildman–Crippen LogP) is 3.24. The molecule has 2 N–H and O–H groups in total. The van der Waals surface area contributed by atoms with Crippen molar-refractivity contribution < 1.29 is 15.1 Å². The van der Waals surface area contributed by atoms with E-state index in [2.05, 4.69) is 21.1 Å². The molecule has 0 radical (unpaired) electrons. The molecule has 0 bridgehead atoms. The number of thioether (sulfide) groups is 1. The van der Waals surface area contributed by atoms with E-state index in [0.717, 1.165) is 17.7 Å². The maximum atomic E-state index is 11.8. The molecule has 1 rings (SSSR count). The summed E-state index contributed by atoms with van der Waals surface area (Å²) >= 11 is 4.89. The highest BCUT2D eigenvalue weighted by molar-refractivity contribution is 9.10. The van der Waals surface area contributed by atoms with E-state index < -0.39 is 0 Å². The van der Waals surface area contributed by atoms with Crippen molar-refractivity contribution in [2.75, 3.05) is 12.0 Å². The lowest BCUT2D eigenvalue weighted by Crippen LogP contribution is -2.17. The fourth-order valence-electron chi connectivity index (χ4n) is 1.56. The van der Waals surface area contributed by atoms with Crippen molar-refractivity contribution in [2.24, 2.45) is 5.16 Å². The van der Waals surface area contributed by atoms with Gasteiger partial charge in [-0.05, 0) is 52.1 Å². The number of phenolic OH excluding ortho intramolecular Hbond substituents is 1. The summed E-state index contributed by atoms with van der Waals surface area (Å²) < 4.78 is 0.553. The molecular weight excluding hydrogens is 330 g/mol. The third kappa shape index (κ3) is 5.24. The summed E-state index contributed by atoms with van der Waals surface area (Å²) in [6, 6.07) is 4.93. The monoisotopic (exact) mass is 345 g/mol. The second kappa shape index (κ2) is 8.22. The van der Waals surface area contributed by atoms with Crippen LogP contribution in [0.3, 0.4) is 0 Å². The van der Waals surface area contributed by atoms with Gasteiger partial charge in [-0.1, -0.05) is 11.2 Å². The number of Topliss-reactive ketones (excluding diaryl/α,β-unsaturated/α-hetero) is 1. The minimum atomic E-state index is -0.138. The fourth-order valence-corrected chi connectivity index (χ4v) is 2.42. The molecule has 6 heteroatoms. The largest absolute Gasteiger partial charge is 0.507 e. The summed E-state index contributed by atoms with van der Waals surface area (Å²) in [5.74, 6) is 0.910. The second-order valence-electron chi connectivity index (χ2n) is 4.03. The maximum Gasteiger partial charge on any atom is 0.180 e. The first-order valence-electron chi connectivity index (χ1n) is 5.79. The van der Waals surface area contributed by atoms with Gasteiger partial charge in [0.05, 0.1) is 4.47 Å². The van der Waals surface area contributed by atoms with Gasteiger partial charge in [0.2, 0.25) is 0 Å². The molecule has 0 heterocycles. The van der Waals surface area contributed by atoms with Crippen LogP contribution in [0.15, 0.2) is 27.8 Å². The normalized spacial score (nSPS) is 11.6. The molecule has 0 unspecified atom stereocenters. The van der Waals surface area contributed by atoms with Gasteiger partial charge in [-0.3, -0.25) is 4.79 Å². The van der Waals surface area contributed by atoms with Crippen molar-refractivity contribution in [2.45, 2.75) is 19.3 Å². The van der Waals surface area contributed by atoms with Gasteiger partial charge in [0, 0.05) is 12.8 Å². The first kappa shape index (κ1) is 16.0. The molecule has 0 saturated carbocycles. The van der Waals surface area contributed by atoms with E-state index in [-0.39, 0.29) is 23.7 Å². The number of carbonyl (C=O) groups excluding carboxylic acids is 1. The number of ketones is 1. The zero-order valence-electron chi connectivity index (χ0n) is 10.6. The molecule has 1 aromatic rings. The van der Waals surface area contributed by atoms with Crippen LogP contribution in [0.4, 0.5) is 0 Å². The van der Waals surface area contributed by atoms with E-state index in [4.69, 9.17) is 5.21 Å². The Kier molecular flexibility index (Phi) is 6.94. The Balaban J connectivity index is 2.66. The van der Waals surface area contributed by atoms with E-state index in [1.54, 1.807) is 23.9 Å². The van der Waals surface area contributed by atoms with E-state index in [1.807, 2.05) is 6.26 Å². The van der Waals surface area contributed by atoms with Gasteiger partial charge < -0.3 is 10.3 Å². The van der Waals surface area contributed by atoms with Crippen LogP contribution in [0.2, 0.25) is 0 Å². The molecule has 0 atom stereocenters. The van der Waals surface area contributed by atoms with Crippen LogP contribution < -0.4 is 0 Å². The summed E-state index contributed by atoms with van der Waals surface area (Å²) in [6.45, 7) is 0. The number of oxime groups is 1. The molecule has 4 nitrogen and oxygen atoms in total.